The summed E-state index contributed by atoms with van der Waals surface area (Å²) in [6, 6.07) is 13.6. The zero-order chi connectivity index (χ0) is 20.2. The van der Waals surface area contributed by atoms with Crippen molar-refractivity contribution in [3.05, 3.63) is 78.4 Å². The standard InChI is InChI=1S/C21H20N6OS/c1-15-7-8-18(16(2)12-15)23-19(28)14-29-21-25-24-20(17-6-5-9-22-13-17)27(21)26-10-3-4-11-26/h3-13H,14H2,1-2H3,(H,23,28). The van der Waals surface area contributed by atoms with Crippen LogP contribution >= 0.6 is 11.8 Å². The Kier molecular flexibility index (Phi) is 5.44. The highest BCUT2D eigenvalue weighted by Crippen LogP contribution is 2.24. The van der Waals surface area contributed by atoms with Crippen molar-refractivity contribution in [3.8, 4) is 11.4 Å². The first-order chi connectivity index (χ1) is 14.1. The Hall–Kier alpha value is -3.39. The fraction of sp³-hybridized carbons (Fsp3) is 0.143. The third-order valence-corrected chi connectivity index (χ3v) is 5.26. The number of anilines is 1. The van der Waals surface area contributed by atoms with Gasteiger partial charge in [-0.1, -0.05) is 29.5 Å². The normalized spacial score (nSPS) is 10.8. The molecule has 0 saturated carbocycles. The summed E-state index contributed by atoms with van der Waals surface area (Å²) >= 11 is 1.33. The Labute approximate surface area is 172 Å². The van der Waals surface area contributed by atoms with E-state index in [9.17, 15) is 4.79 Å². The number of nitrogens with zero attached hydrogens (tertiary/aromatic N) is 5. The monoisotopic (exact) mass is 404 g/mol. The van der Waals surface area contributed by atoms with Gasteiger partial charge in [0, 0.05) is 36.0 Å². The molecule has 3 heterocycles. The third-order valence-electron chi connectivity index (χ3n) is 4.34. The van der Waals surface area contributed by atoms with Crippen molar-refractivity contribution in [3.63, 3.8) is 0 Å². The Bertz CT molecular complexity index is 1120. The van der Waals surface area contributed by atoms with Crippen LogP contribution in [0.3, 0.4) is 0 Å². The first-order valence-corrected chi connectivity index (χ1v) is 10.1. The van der Waals surface area contributed by atoms with Gasteiger partial charge in [-0.3, -0.25) is 14.5 Å². The van der Waals surface area contributed by atoms with Crippen molar-refractivity contribution in [2.24, 2.45) is 0 Å². The predicted octanol–water partition coefficient (Wildman–Crippen LogP) is 3.80. The topological polar surface area (TPSA) is 77.6 Å². The number of thioether (sulfide) groups is 1. The number of pyridine rings is 1. The molecule has 1 aromatic carbocycles. The van der Waals surface area contributed by atoms with E-state index in [2.05, 4.69) is 20.5 Å². The zero-order valence-electron chi connectivity index (χ0n) is 16.1. The number of amides is 1. The maximum absolute atomic E-state index is 12.5. The summed E-state index contributed by atoms with van der Waals surface area (Å²) in [6.07, 6.45) is 7.27. The van der Waals surface area contributed by atoms with Gasteiger partial charge in [-0.25, -0.2) is 4.68 Å². The number of benzene rings is 1. The fourth-order valence-electron chi connectivity index (χ4n) is 2.97. The number of hydrogen-bond acceptors (Lipinski definition) is 5. The van der Waals surface area contributed by atoms with Crippen LogP contribution in [0.2, 0.25) is 0 Å². The highest BCUT2D eigenvalue weighted by molar-refractivity contribution is 7.99. The number of nitrogens with one attached hydrogen (secondary N) is 1. The molecule has 0 aliphatic heterocycles. The van der Waals surface area contributed by atoms with Gasteiger partial charge < -0.3 is 5.32 Å². The number of aromatic nitrogens is 5. The van der Waals surface area contributed by atoms with Gasteiger partial charge in [0.15, 0.2) is 5.82 Å². The number of aryl methyl sites for hydroxylation is 2. The van der Waals surface area contributed by atoms with Crippen molar-refractivity contribution < 1.29 is 4.79 Å². The summed E-state index contributed by atoms with van der Waals surface area (Å²) in [6.45, 7) is 4.01. The minimum absolute atomic E-state index is 0.0908. The lowest BCUT2D eigenvalue weighted by Gasteiger charge is -2.11. The average Bonchev–Trinajstić information content (AvgIpc) is 3.38. The van der Waals surface area contributed by atoms with Crippen LogP contribution in [-0.2, 0) is 4.79 Å². The van der Waals surface area contributed by atoms with Gasteiger partial charge in [-0.15, -0.1) is 10.2 Å². The molecule has 3 aromatic heterocycles. The lowest BCUT2D eigenvalue weighted by Crippen LogP contribution is -2.16. The number of hydrogen-bond donors (Lipinski definition) is 1. The molecule has 0 fully saturated rings. The van der Waals surface area contributed by atoms with Crippen molar-refractivity contribution in [1.82, 2.24) is 24.5 Å². The first kappa shape index (κ1) is 18.9. The van der Waals surface area contributed by atoms with E-state index in [1.54, 1.807) is 12.4 Å². The van der Waals surface area contributed by atoms with E-state index in [0.717, 1.165) is 22.4 Å². The molecule has 1 N–H and O–H groups in total. The lowest BCUT2D eigenvalue weighted by atomic mass is 10.1. The van der Waals surface area contributed by atoms with Crippen molar-refractivity contribution >= 4 is 23.4 Å². The van der Waals surface area contributed by atoms with E-state index in [1.165, 1.54) is 11.8 Å². The third kappa shape index (κ3) is 4.22. The number of rotatable bonds is 6. The Balaban J connectivity index is 1.54. The van der Waals surface area contributed by atoms with Crippen LogP contribution < -0.4 is 5.32 Å². The molecule has 4 aromatic rings. The lowest BCUT2D eigenvalue weighted by molar-refractivity contribution is -0.113. The molecule has 0 bridgehead atoms. The molecule has 0 unspecified atom stereocenters. The molecule has 0 aliphatic carbocycles. The summed E-state index contributed by atoms with van der Waals surface area (Å²) in [7, 11) is 0. The van der Waals surface area contributed by atoms with E-state index < -0.39 is 0 Å². The highest BCUT2D eigenvalue weighted by Gasteiger charge is 2.17. The van der Waals surface area contributed by atoms with Crippen molar-refractivity contribution in [2.75, 3.05) is 11.1 Å². The van der Waals surface area contributed by atoms with Crippen LogP contribution in [0.1, 0.15) is 11.1 Å². The molecule has 29 heavy (non-hydrogen) atoms. The van der Waals surface area contributed by atoms with Crippen LogP contribution in [0.5, 0.6) is 0 Å². The molecule has 4 rings (SSSR count). The van der Waals surface area contributed by atoms with Gasteiger partial charge in [-0.05, 0) is 49.7 Å². The van der Waals surface area contributed by atoms with Gasteiger partial charge in [-0.2, -0.15) is 0 Å². The average molecular weight is 404 g/mol. The molecule has 1 amide bonds. The predicted molar refractivity (Wildman–Crippen MR) is 114 cm³/mol. The van der Waals surface area contributed by atoms with E-state index in [4.69, 9.17) is 0 Å². The van der Waals surface area contributed by atoms with Crippen LogP contribution in [0, 0.1) is 13.8 Å². The van der Waals surface area contributed by atoms with E-state index in [1.807, 2.05) is 78.1 Å². The molecule has 0 spiro atoms. The Morgan fingerprint density at radius 2 is 1.93 bits per heavy atom. The molecular formula is C21H20N6OS. The maximum atomic E-state index is 12.5. The molecule has 146 valence electrons. The summed E-state index contributed by atoms with van der Waals surface area (Å²) in [5.74, 6) is 0.790. The minimum Gasteiger partial charge on any atom is -0.325 e. The largest absolute Gasteiger partial charge is 0.325 e. The Morgan fingerprint density at radius 3 is 2.66 bits per heavy atom. The van der Waals surface area contributed by atoms with Crippen molar-refractivity contribution in [1.29, 1.82) is 0 Å². The second kappa shape index (κ2) is 8.32. The van der Waals surface area contributed by atoms with Gasteiger partial charge >= 0.3 is 0 Å². The van der Waals surface area contributed by atoms with Gasteiger partial charge in [0.05, 0.1) is 5.75 Å². The van der Waals surface area contributed by atoms with E-state index in [-0.39, 0.29) is 11.7 Å². The van der Waals surface area contributed by atoms with Crippen LogP contribution in [0.4, 0.5) is 5.69 Å². The second-order valence-corrected chi connectivity index (χ2v) is 7.52. The summed E-state index contributed by atoms with van der Waals surface area (Å²) < 4.78 is 3.75. The number of carbonyl (C=O) groups is 1. The van der Waals surface area contributed by atoms with Crippen LogP contribution in [0.25, 0.3) is 11.4 Å². The zero-order valence-corrected chi connectivity index (χ0v) is 16.9. The quantitative estimate of drug-likeness (QED) is 0.495. The van der Waals surface area contributed by atoms with Gasteiger partial charge in [0.25, 0.3) is 0 Å². The van der Waals surface area contributed by atoms with Gasteiger partial charge in [0.1, 0.15) is 0 Å². The van der Waals surface area contributed by atoms with Crippen LogP contribution in [0.15, 0.2) is 72.4 Å². The molecule has 0 saturated heterocycles. The SMILES string of the molecule is Cc1ccc(NC(=O)CSc2nnc(-c3cccnc3)n2-n2cccc2)c(C)c1. The van der Waals surface area contributed by atoms with Crippen LogP contribution in [-0.4, -0.2) is 36.2 Å². The minimum atomic E-state index is -0.0908. The Morgan fingerprint density at radius 1 is 1.10 bits per heavy atom. The maximum Gasteiger partial charge on any atom is 0.234 e. The molecule has 0 radical (unpaired) electrons. The molecule has 0 aliphatic rings. The molecular weight excluding hydrogens is 384 g/mol. The fourth-order valence-corrected chi connectivity index (χ4v) is 3.70. The van der Waals surface area contributed by atoms with E-state index >= 15 is 0 Å². The molecule has 7 nitrogen and oxygen atoms in total. The second-order valence-electron chi connectivity index (χ2n) is 6.58. The summed E-state index contributed by atoms with van der Waals surface area (Å²) in [5, 5.41) is 12.2. The molecule has 0 atom stereocenters. The number of carbonyl (C=O) groups excluding carboxylic acids is 1. The summed E-state index contributed by atoms with van der Waals surface area (Å²) in [4.78, 5) is 16.7. The van der Waals surface area contributed by atoms with E-state index in [0.29, 0.717) is 11.0 Å². The van der Waals surface area contributed by atoms with Gasteiger partial charge in [0.2, 0.25) is 11.1 Å². The molecule has 8 heteroatoms. The van der Waals surface area contributed by atoms with Crippen molar-refractivity contribution in [2.45, 2.75) is 19.0 Å². The first-order valence-electron chi connectivity index (χ1n) is 9.11. The summed E-state index contributed by atoms with van der Waals surface area (Å²) in [5.41, 5.74) is 3.87. The highest BCUT2D eigenvalue weighted by atomic mass is 32.2. The smallest absolute Gasteiger partial charge is 0.234 e.